The van der Waals surface area contributed by atoms with Gasteiger partial charge in [0.1, 0.15) is 18.2 Å². The highest BCUT2D eigenvalue weighted by molar-refractivity contribution is 5.81. The largest absolute Gasteiger partial charge is 0.336 e. The minimum atomic E-state index is -0.574. The van der Waals surface area contributed by atoms with Crippen LogP contribution in [0.4, 0.5) is 0 Å². The van der Waals surface area contributed by atoms with Gasteiger partial charge in [-0.2, -0.15) is 5.10 Å². The topological polar surface area (TPSA) is 106 Å². The van der Waals surface area contributed by atoms with E-state index in [-0.39, 0.29) is 18.5 Å². The maximum Gasteiger partial charge on any atom is 0.329 e. The number of para-hydroxylation sites is 1. The van der Waals surface area contributed by atoms with Crippen molar-refractivity contribution in [3.05, 3.63) is 56.8 Å². The molecule has 4 rings (SSSR count). The third kappa shape index (κ3) is 3.23. The minimum absolute atomic E-state index is 0.0111. The first-order valence-electron chi connectivity index (χ1n) is 9.33. The van der Waals surface area contributed by atoms with Gasteiger partial charge in [-0.15, -0.1) is 0 Å². The van der Waals surface area contributed by atoms with Gasteiger partial charge in [-0.3, -0.25) is 19.1 Å². The van der Waals surface area contributed by atoms with E-state index in [9.17, 15) is 14.4 Å². The van der Waals surface area contributed by atoms with Crippen LogP contribution < -0.4 is 11.2 Å². The van der Waals surface area contributed by atoms with E-state index in [1.54, 1.807) is 24.3 Å². The summed E-state index contributed by atoms with van der Waals surface area (Å²) in [5.41, 5.74) is -0.556. The molecule has 3 aromatic rings. The molecule has 1 atom stereocenters. The van der Waals surface area contributed by atoms with Crippen molar-refractivity contribution in [1.82, 2.24) is 29.2 Å². The lowest BCUT2D eigenvalue weighted by atomic mass is 10.2. The van der Waals surface area contributed by atoms with E-state index < -0.39 is 11.2 Å². The zero-order chi connectivity index (χ0) is 19.8. The molecule has 0 radical (unpaired) electrons. The van der Waals surface area contributed by atoms with Crippen molar-refractivity contribution < 1.29 is 4.79 Å². The number of nitrogens with zero attached hydrogens (tertiary/aromatic N) is 5. The van der Waals surface area contributed by atoms with Gasteiger partial charge in [0.05, 0.1) is 23.5 Å². The lowest BCUT2D eigenvalue weighted by Crippen LogP contribution is -2.42. The summed E-state index contributed by atoms with van der Waals surface area (Å²) in [4.78, 5) is 45.8. The van der Waals surface area contributed by atoms with Crippen molar-refractivity contribution in [3.63, 3.8) is 0 Å². The van der Waals surface area contributed by atoms with Crippen molar-refractivity contribution in [2.75, 3.05) is 6.54 Å². The maximum absolute atomic E-state index is 13.0. The Morgan fingerprint density at radius 2 is 2.04 bits per heavy atom. The zero-order valence-electron chi connectivity index (χ0n) is 15.9. The summed E-state index contributed by atoms with van der Waals surface area (Å²) < 4.78 is 3.16. The fourth-order valence-electron chi connectivity index (χ4n) is 3.91. The molecular formula is C19H22N6O3. The predicted octanol–water partition coefficient (Wildman–Crippen LogP) is 0.589. The number of benzene rings is 1. The summed E-state index contributed by atoms with van der Waals surface area (Å²) in [7, 11) is 0. The highest BCUT2D eigenvalue weighted by Gasteiger charge is 2.30. The van der Waals surface area contributed by atoms with Crippen LogP contribution in [0.2, 0.25) is 0 Å². The highest BCUT2D eigenvalue weighted by Crippen LogP contribution is 2.20. The Kier molecular flexibility index (Phi) is 4.58. The van der Waals surface area contributed by atoms with E-state index in [4.69, 9.17) is 0 Å². The first-order chi connectivity index (χ1) is 13.4. The Labute approximate surface area is 160 Å². The Morgan fingerprint density at radius 1 is 1.25 bits per heavy atom. The molecule has 3 heterocycles. The van der Waals surface area contributed by atoms with Crippen LogP contribution in [-0.4, -0.2) is 47.7 Å². The molecule has 1 N–H and O–H groups in total. The van der Waals surface area contributed by atoms with Gasteiger partial charge in [0.2, 0.25) is 5.91 Å². The van der Waals surface area contributed by atoms with Crippen LogP contribution in [0.15, 0.2) is 33.9 Å². The third-order valence-electron chi connectivity index (χ3n) is 5.24. The SMILES string of the molecule is Cc1nc(C)n(C[C@@H]2CCCN2C(=O)Cn2c(=O)[nH]c(=O)c3ccccc32)n1. The Hall–Kier alpha value is -3.23. The van der Waals surface area contributed by atoms with Gasteiger partial charge in [0, 0.05) is 6.54 Å². The van der Waals surface area contributed by atoms with Crippen molar-refractivity contribution in [1.29, 1.82) is 0 Å². The molecule has 1 amide bonds. The number of carbonyl (C=O) groups is 1. The molecule has 1 fully saturated rings. The molecule has 0 saturated carbocycles. The van der Waals surface area contributed by atoms with Crippen LogP contribution >= 0.6 is 0 Å². The summed E-state index contributed by atoms with van der Waals surface area (Å²) in [6.45, 7) is 4.86. The van der Waals surface area contributed by atoms with Crippen LogP contribution in [-0.2, 0) is 17.9 Å². The number of aromatic amines is 1. The number of hydrogen-bond donors (Lipinski definition) is 1. The third-order valence-corrected chi connectivity index (χ3v) is 5.24. The number of likely N-dealkylation sites (tertiary alicyclic amines) is 1. The van der Waals surface area contributed by atoms with E-state index >= 15 is 0 Å². The van der Waals surface area contributed by atoms with Crippen LogP contribution in [0.3, 0.4) is 0 Å². The average Bonchev–Trinajstić information content (AvgIpc) is 3.25. The van der Waals surface area contributed by atoms with Gasteiger partial charge in [-0.1, -0.05) is 12.1 Å². The van der Waals surface area contributed by atoms with Crippen molar-refractivity contribution >= 4 is 16.8 Å². The molecule has 0 spiro atoms. The molecule has 1 aliphatic heterocycles. The lowest BCUT2D eigenvalue weighted by Gasteiger charge is -2.25. The Balaban J connectivity index is 1.60. The van der Waals surface area contributed by atoms with Gasteiger partial charge >= 0.3 is 5.69 Å². The summed E-state index contributed by atoms with van der Waals surface area (Å²) in [5.74, 6) is 1.38. The molecule has 0 unspecified atom stereocenters. The van der Waals surface area contributed by atoms with Crippen LogP contribution in [0.5, 0.6) is 0 Å². The van der Waals surface area contributed by atoms with E-state index in [2.05, 4.69) is 15.1 Å². The highest BCUT2D eigenvalue weighted by atomic mass is 16.2. The summed E-state index contributed by atoms with van der Waals surface area (Å²) in [6.07, 6.45) is 1.79. The first kappa shape index (κ1) is 18.1. The maximum atomic E-state index is 13.0. The summed E-state index contributed by atoms with van der Waals surface area (Å²) in [6, 6.07) is 6.81. The molecule has 146 valence electrons. The number of hydrogen-bond acceptors (Lipinski definition) is 5. The summed E-state index contributed by atoms with van der Waals surface area (Å²) in [5, 5.41) is 4.78. The molecule has 0 bridgehead atoms. The Morgan fingerprint density at radius 3 is 2.79 bits per heavy atom. The second kappa shape index (κ2) is 7.06. The normalized spacial score (nSPS) is 16.8. The minimum Gasteiger partial charge on any atom is -0.336 e. The molecule has 1 saturated heterocycles. The van der Waals surface area contributed by atoms with Gasteiger partial charge < -0.3 is 4.90 Å². The van der Waals surface area contributed by atoms with Crippen molar-refractivity contribution in [2.24, 2.45) is 0 Å². The lowest BCUT2D eigenvalue weighted by molar-refractivity contribution is -0.132. The van der Waals surface area contributed by atoms with Crippen LogP contribution in [0.25, 0.3) is 10.9 Å². The molecule has 9 nitrogen and oxygen atoms in total. The molecule has 2 aromatic heterocycles. The number of aryl methyl sites for hydroxylation is 2. The number of nitrogens with one attached hydrogen (secondary N) is 1. The van der Waals surface area contributed by atoms with Crippen molar-refractivity contribution in [2.45, 2.75) is 45.8 Å². The molecule has 28 heavy (non-hydrogen) atoms. The van der Waals surface area contributed by atoms with Gasteiger partial charge in [0.15, 0.2) is 0 Å². The number of aromatic nitrogens is 5. The monoisotopic (exact) mass is 382 g/mol. The fraction of sp³-hybridized carbons (Fsp3) is 0.421. The number of rotatable bonds is 4. The van der Waals surface area contributed by atoms with Gasteiger partial charge in [0.25, 0.3) is 5.56 Å². The zero-order valence-corrected chi connectivity index (χ0v) is 15.9. The van der Waals surface area contributed by atoms with Crippen LogP contribution in [0.1, 0.15) is 24.5 Å². The van der Waals surface area contributed by atoms with Gasteiger partial charge in [-0.25, -0.2) is 14.5 Å². The van der Waals surface area contributed by atoms with Crippen molar-refractivity contribution in [3.8, 4) is 0 Å². The van der Waals surface area contributed by atoms with E-state index in [1.165, 1.54) is 4.57 Å². The fourth-order valence-corrected chi connectivity index (χ4v) is 3.91. The van der Waals surface area contributed by atoms with E-state index in [0.717, 1.165) is 18.7 Å². The Bertz CT molecular complexity index is 1160. The number of H-pyrrole nitrogens is 1. The number of carbonyl (C=O) groups excluding carboxylic acids is 1. The first-order valence-corrected chi connectivity index (χ1v) is 9.33. The van der Waals surface area contributed by atoms with E-state index in [1.807, 2.05) is 23.4 Å². The number of fused-ring (bicyclic) bond motifs is 1. The molecular weight excluding hydrogens is 360 g/mol. The quantitative estimate of drug-likeness (QED) is 0.711. The average molecular weight is 382 g/mol. The standard InChI is InChI=1S/C19H22N6O3/c1-12-20-13(2)25(22-12)10-14-6-5-9-23(14)17(26)11-24-16-8-4-3-7-15(16)18(27)21-19(24)28/h3-4,7-8,14H,5-6,9-11H2,1-2H3,(H,21,27,28)/t14-/m0/s1. The van der Waals surface area contributed by atoms with Gasteiger partial charge in [-0.05, 0) is 38.8 Å². The molecule has 1 aromatic carbocycles. The molecule has 0 aliphatic carbocycles. The van der Waals surface area contributed by atoms with E-state index in [0.29, 0.717) is 29.8 Å². The second-order valence-electron chi connectivity index (χ2n) is 7.13. The molecule has 9 heteroatoms. The predicted molar refractivity (Wildman–Crippen MR) is 103 cm³/mol. The summed E-state index contributed by atoms with van der Waals surface area (Å²) >= 11 is 0. The second-order valence-corrected chi connectivity index (χ2v) is 7.13. The molecule has 1 aliphatic rings. The number of amides is 1. The van der Waals surface area contributed by atoms with Crippen LogP contribution in [0, 0.1) is 13.8 Å². The smallest absolute Gasteiger partial charge is 0.329 e.